The zero-order valence-electron chi connectivity index (χ0n) is 10.1. The van der Waals surface area contributed by atoms with Gasteiger partial charge in [-0.05, 0) is 44.9 Å². The lowest BCUT2D eigenvalue weighted by Gasteiger charge is -2.20. The highest BCUT2D eigenvalue weighted by molar-refractivity contribution is 5.21. The van der Waals surface area contributed by atoms with E-state index >= 15 is 0 Å². The molecule has 0 amide bonds. The first-order valence-corrected chi connectivity index (χ1v) is 6.01. The number of hydrogen-bond donors (Lipinski definition) is 1. The van der Waals surface area contributed by atoms with Crippen molar-refractivity contribution in [2.45, 2.75) is 38.3 Å². The molecule has 0 bridgehead atoms. The smallest absolute Gasteiger partial charge is 0.0603 e. The fourth-order valence-corrected chi connectivity index (χ4v) is 2.32. The lowest BCUT2D eigenvalue weighted by atomic mass is 10.0. The number of hydrogen-bond acceptors (Lipinski definition) is 3. The van der Waals surface area contributed by atoms with Crippen molar-refractivity contribution in [2.24, 2.45) is 0 Å². The van der Waals surface area contributed by atoms with Gasteiger partial charge in [0.25, 0.3) is 0 Å². The lowest BCUT2D eigenvalue weighted by molar-refractivity contribution is 0.0949. The summed E-state index contributed by atoms with van der Waals surface area (Å²) in [5.74, 6) is 0. The van der Waals surface area contributed by atoms with E-state index in [0.717, 1.165) is 18.7 Å². The quantitative estimate of drug-likeness (QED) is 0.845. The van der Waals surface area contributed by atoms with E-state index in [4.69, 9.17) is 4.74 Å². The van der Waals surface area contributed by atoms with Crippen LogP contribution in [0.2, 0.25) is 0 Å². The van der Waals surface area contributed by atoms with Gasteiger partial charge in [0.2, 0.25) is 0 Å². The summed E-state index contributed by atoms with van der Waals surface area (Å²) in [6.45, 7) is 3.03. The molecule has 2 atom stereocenters. The third kappa shape index (κ3) is 2.60. The third-order valence-corrected chi connectivity index (χ3v) is 3.25. The van der Waals surface area contributed by atoms with Gasteiger partial charge in [-0.15, -0.1) is 0 Å². The van der Waals surface area contributed by atoms with Gasteiger partial charge >= 0.3 is 0 Å². The Labute approximate surface area is 97.2 Å². The molecule has 1 aliphatic heterocycles. The van der Waals surface area contributed by atoms with E-state index in [2.05, 4.69) is 23.3 Å². The van der Waals surface area contributed by atoms with Crippen LogP contribution < -0.4 is 5.32 Å². The van der Waals surface area contributed by atoms with E-state index < -0.39 is 0 Å². The topological polar surface area (TPSA) is 34.1 Å². The highest BCUT2D eigenvalue weighted by atomic mass is 16.5. The van der Waals surface area contributed by atoms with Crippen molar-refractivity contribution in [1.29, 1.82) is 0 Å². The molecule has 88 valence electrons. The van der Waals surface area contributed by atoms with Gasteiger partial charge < -0.3 is 10.1 Å². The predicted octanol–water partition coefficient (Wildman–Crippen LogP) is 2.22. The van der Waals surface area contributed by atoms with E-state index in [-0.39, 0.29) is 0 Å². The molecule has 1 N–H and O–H groups in total. The molecule has 2 unspecified atom stereocenters. The van der Waals surface area contributed by atoms with Crippen molar-refractivity contribution in [3.63, 3.8) is 0 Å². The Morgan fingerprint density at radius 1 is 1.62 bits per heavy atom. The highest BCUT2D eigenvalue weighted by Crippen LogP contribution is 2.25. The molecule has 0 spiro atoms. The van der Waals surface area contributed by atoms with Gasteiger partial charge in [-0.3, -0.25) is 4.98 Å². The number of aromatic nitrogens is 1. The Morgan fingerprint density at radius 3 is 3.12 bits per heavy atom. The number of nitrogens with one attached hydrogen (secondary N) is 1. The fraction of sp³-hybridized carbons (Fsp3) is 0.615. The molecule has 1 aromatic heterocycles. The zero-order chi connectivity index (χ0) is 11.4. The van der Waals surface area contributed by atoms with Crippen LogP contribution in [0.15, 0.2) is 18.3 Å². The number of rotatable bonds is 4. The molecule has 1 fully saturated rings. The molecule has 3 heteroatoms. The maximum absolute atomic E-state index is 5.68. The first kappa shape index (κ1) is 11.6. The van der Waals surface area contributed by atoms with E-state index in [9.17, 15) is 0 Å². The molecule has 1 aliphatic rings. The van der Waals surface area contributed by atoms with Gasteiger partial charge in [-0.25, -0.2) is 0 Å². The maximum atomic E-state index is 5.68. The van der Waals surface area contributed by atoms with Gasteiger partial charge in [0.1, 0.15) is 0 Å². The molecule has 2 rings (SSSR count). The molecular weight excluding hydrogens is 200 g/mol. The van der Waals surface area contributed by atoms with Crippen molar-refractivity contribution < 1.29 is 4.74 Å². The second kappa shape index (κ2) is 5.41. The average Bonchev–Trinajstić information content (AvgIpc) is 2.80. The van der Waals surface area contributed by atoms with Crippen molar-refractivity contribution in [3.8, 4) is 0 Å². The Bertz CT molecular complexity index is 334. The van der Waals surface area contributed by atoms with Crippen LogP contribution in [0.1, 0.15) is 36.6 Å². The van der Waals surface area contributed by atoms with Gasteiger partial charge in [-0.2, -0.15) is 0 Å². The predicted molar refractivity (Wildman–Crippen MR) is 64.4 cm³/mol. The van der Waals surface area contributed by atoms with E-state index in [1.165, 1.54) is 18.4 Å². The minimum atomic E-state index is 0.310. The van der Waals surface area contributed by atoms with E-state index in [1.807, 2.05) is 19.3 Å². The van der Waals surface area contributed by atoms with Crippen LogP contribution in [0.25, 0.3) is 0 Å². The zero-order valence-corrected chi connectivity index (χ0v) is 10.1. The van der Waals surface area contributed by atoms with Crippen LogP contribution >= 0.6 is 0 Å². The monoisotopic (exact) mass is 220 g/mol. The van der Waals surface area contributed by atoms with Crippen LogP contribution in [0, 0.1) is 6.92 Å². The van der Waals surface area contributed by atoms with Crippen LogP contribution in [0.3, 0.4) is 0 Å². The molecule has 0 aromatic carbocycles. The van der Waals surface area contributed by atoms with Crippen LogP contribution in [-0.4, -0.2) is 24.7 Å². The fourth-order valence-electron chi connectivity index (χ4n) is 2.32. The van der Waals surface area contributed by atoms with Gasteiger partial charge in [0.05, 0.1) is 17.8 Å². The standard InChI is InChI=1S/C13H20N2O/c1-10-5-3-7-15-13(10)12(14-2)9-11-6-4-8-16-11/h3,5,7,11-12,14H,4,6,8-9H2,1-2H3. The van der Waals surface area contributed by atoms with Crippen molar-refractivity contribution in [3.05, 3.63) is 29.6 Å². The summed E-state index contributed by atoms with van der Waals surface area (Å²) in [6, 6.07) is 4.41. The largest absolute Gasteiger partial charge is 0.378 e. The summed E-state index contributed by atoms with van der Waals surface area (Å²) in [7, 11) is 1.99. The van der Waals surface area contributed by atoms with Crippen molar-refractivity contribution in [2.75, 3.05) is 13.7 Å². The SMILES string of the molecule is CNC(CC1CCCO1)c1ncccc1C. The Balaban J connectivity index is 2.06. The molecule has 3 nitrogen and oxygen atoms in total. The molecule has 0 saturated carbocycles. The summed E-state index contributed by atoms with van der Waals surface area (Å²) < 4.78 is 5.68. The first-order valence-electron chi connectivity index (χ1n) is 6.01. The molecule has 0 aliphatic carbocycles. The van der Waals surface area contributed by atoms with Crippen molar-refractivity contribution >= 4 is 0 Å². The van der Waals surface area contributed by atoms with Crippen LogP contribution in [0.4, 0.5) is 0 Å². The highest BCUT2D eigenvalue weighted by Gasteiger charge is 2.22. The Hall–Kier alpha value is -0.930. The number of nitrogens with zero attached hydrogens (tertiary/aromatic N) is 1. The minimum absolute atomic E-state index is 0.310. The van der Waals surface area contributed by atoms with Crippen molar-refractivity contribution in [1.82, 2.24) is 10.3 Å². The van der Waals surface area contributed by atoms with Gasteiger partial charge in [-0.1, -0.05) is 6.07 Å². The lowest BCUT2D eigenvalue weighted by Crippen LogP contribution is -2.23. The summed E-state index contributed by atoms with van der Waals surface area (Å²) in [5.41, 5.74) is 2.40. The summed E-state index contributed by atoms with van der Waals surface area (Å²) in [6.07, 6.45) is 5.67. The molecular formula is C13H20N2O. The number of ether oxygens (including phenoxy) is 1. The third-order valence-electron chi connectivity index (χ3n) is 3.25. The summed E-state index contributed by atoms with van der Waals surface area (Å²) in [4.78, 5) is 4.47. The Morgan fingerprint density at radius 2 is 2.50 bits per heavy atom. The number of aryl methyl sites for hydroxylation is 1. The Kier molecular flexibility index (Phi) is 3.91. The van der Waals surface area contributed by atoms with Crippen LogP contribution in [-0.2, 0) is 4.74 Å². The summed E-state index contributed by atoms with van der Waals surface area (Å²) in [5, 5.41) is 3.34. The second-order valence-electron chi connectivity index (χ2n) is 4.42. The average molecular weight is 220 g/mol. The molecule has 16 heavy (non-hydrogen) atoms. The molecule has 1 saturated heterocycles. The van der Waals surface area contributed by atoms with E-state index in [0.29, 0.717) is 12.1 Å². The van der Waals surface area contributed by atoms with Gasteiger partial charge in [0, 0.05) is 12.8 Å². The number of pyridine rings is 1. The molecule has 1 aromatic rings. The van der Waals surface area contributed by atoms with Gasteiger partial charge in [0.15, 0.2) is 0 Å². The minimum Gasteiger partial charge on any atom is -0.378 e. The normalized spacial score (nSPS) is 22.2. The maximum Gasteiger partial charge on any atom is 0.0603 e. The molecule has 2 heterocycles. The molecule has 0 radical (unpaired) electrons. The summed E-state index contributed by atoms with van der Waals surface area (Å²) >= 11 is 0. The second-order valence-corrected chi connectivity index (χ2v) is 4.42. The first-order chi connectivity index (χ1) is 7.81. The van der Waals surface area contributed by atoms with E-state index in [1.54, 1.807) is 0 Å². The van der Waals surface area contributed by atoms with Crippen LogP contribution in [0.5, 0.6) is 0 Å².